The molecule has 6 atom stereocenters. The van der Waals surface area contributed by atoms with E-state index < -0.39 is 24.3 Å². The third kappa shape index (κ3) is 9.27. The molecule has 43 heavy (non-hydrogen) atoms. The van der Waals surface area contributed by atoms with Gasteiger partial charge in [0.15, 0.2) is 0 Å². The first-order valence-electron chi connectivity index (χ1n) is 15.5. The molecule has 0 spiro atoms. The molecule has 0 saturated carbocycles. The van der Waals surface area contributed by atoms with Gasteiger partial charge in [-0.1, -0.05) is 26.0 Å². The Morgan fingerprint density at radius 2 is 1.81 bits per heavy atom. The van der Waals surface area contributed by atoms with E-state index in [1.807, 2.05) is 59.0 Å². The molecule has 1 amide bonds. The zero-order chi connectivity index (χ0) is 31.1. The minimum absolute atomic E-state index is 0.0617. The highest BCUT2D eigenvalue weighted by Crippen LogP contribution is 2.28. The summed E-state index contributed by atoms with van der Waals surface area (Å²) in [5.74, 6) is -1.17. The van der Waals surface area contributed by atoms with Crippen LogP contribution in [-0.2, 0) is 19.0 Å². The third-order valence-corrected chi connectivity index (χ3v) is 8.70. The molecule has 0 aliphatic carbocycles. The van der Waals surface area contributed by atoms with Crippen LogP contribution in [0.5, 0.6) is 0 Å². The summed E-state index contributed by atoms with van der Waals surface area (Å²) in [6.45, 7) is 12.5. The van der Waals surface area contributed by atoms with Crippen molar-refractivity contribution in [2.24, 2.45) is 11.8 Å². The number of carbonyl (C=O) groups is 2. The number of hydrogen-bond acceptors (Lipinski definition) is 8. The number of likely N-dealkylation sites (N-methyl/N-ethyl adjacent to an activating group) is 1. The van der Waals surface area contributed by atoms with Crippen molar-refractivity contribution in [3.63, 3.8) is 0 Å². The van der Waals surface area contributed by atoms with Crippen molar-refractivity contribution in [1.82, 2.24) is 9.80 Å². The van der Waals surface area contributed by atoms with Gasteiger partial charge in [0.2, 0.25) is 0 Å². The van der Waals surface area contributed by atoms with Crippen LogP contribution >= 0.6 is 0 Å². The van der Waals surface area contributed by atoms with Gasteiger partial charge in [0.1, 0.15) is 18.0 Å². The fourth-order valence-electron chi connectivity index (χ4n) is 5.93. The van der Waals surface area contributed by atoms with Crippen LogP contribution in [0.15, 0.2) is 35.9 Å². The number of esters is 1. The molecular formula is C33H48FN3O6. The number of benzene rings is 1. The van der Waals surface area contributed by atoms with Crippen LogP contribution in [0.1, 0.15) is 52.5 Å². The maximum absolute atomic E-state index is 14.8. The van der Waals surface area contributed by atoms with Crippen LogP contribution in [0, 0.1) is 17.7 Å². The number of hydrogen-bond donors (Lipinski definition) is 1. The van der Waals surface area contributed by atoms with Crippen molar-refractivity contribution >= 4 is 23.8 Å². The first kappa shape index (κ1) is 33.0. The maximum Gasteiger partial charge on any atom is 0.410 e. The van der Waals surface area contributed by atoms with E-state index in [2.05, 4.69) is 9.80 Å². The van der Waals surface area contributed by atoms with Crippen LogP contribution in [0.3, 0.4) is 0 Å². The molecule has 2 saturated heterocycles. The predicted octanol–water partition coefficient (Wildman–Crippen LogP) is 4.49. The Hall–Kier alpha value is -2.95. The van der Waals surface area contributed by atoms with Crippen molar-refractivity contribution in [3.05, 3.63) is 47.3 Å². The summed E-state index contributed by atoms with van der Waals surface area (Å²) < 4.78 is 32.2. The second-order valence-electron chi connectivity index (χ2n) is 12.5. The number of amides is 1. The van der Waals surface area contributed by atoms with Gasteiger partial charge in [-0.05, 0) is 75.1 Å². The first-order chi connectivity index (χ1) is 20.5. The van der Waals surface area contributed by atoms with Crippen LogP contribution in [0.4, 0.5) is 14.9 Å². The molecule has 4 rings (SSSR count). The summed E-state index contributed by atoms with van der Waals surface area (Å²) >= 11 is 0. The van der Waals surface area contributed by atoms with E-state index in [0.717, 1.165) is 24.4 Å². The largest absolute Gasteiger partial charge is 0.457 e. The lowest BCUT2D eigenvalue weighted by molar-refractivity contribution is -0.151. The molecular weight excluding hydrogens is 553 g/mol. The molecule has 0 radical (unpaired) electrons. The Kier molecular flexibility index (Phi) is 11.6. The summed E-state index contributed by atoms with van der Waals surface area (Å²) in [6, 6.07) is 5.06. The van der Waals surface area contributed by atoms with Crippen molar-refractivity contribution in [2.75, 3.05) is 57.9 Å². The number of piperazine rings is 1. The summed E-state index contributed by atoms with van der Waals surface area (Å²) in [6.07, 6.45) is 4.13. The standard InChI is InChI=1S/C33H48FN3O6/c1-22-6-8-29(38)20-31(39)43-32(23(2)7-9-30(22)42-33(40)36-12-10-35(5)11-13-36)24(3)16-26-17-27(34)19-28(18-26)37-14-15-41-21-25(37)4/h7,9,16-19,22-23,25,29-30,32,38H,6,8,10-15,20-21H2,1-5H3/b9-7-,24-16+/t22-,23+,25+,29+,30+,32+/m1/s1. The zero-order valence-corrected chi connectivity index (χ0v) is 26.2. The predicted molar refractivity (Wildman–Crippen MR) is 164 cm³/mol. The van der Waals surface area contributed by atoms with Gasteiger partial charge in [0.25, 0.3) is 0 Å². The maximum atomic E-state index is 14.8. The number of halogens is 1. The monoisotopic (exact) mass is 601 g/mol. The fraction of sp³-hybridized carbons (Fsp3) is 0.636. The molecule has 3 aliphatic rings. The van der Waals surface area contributed by atoms with Gasteiger partial charge in [-0.15, -0.1) is 0 Å². The molecule has 3 heterocycles. The van der Waals surface area contributed by atoms with Gasteiger partial charge in [0.05, 0.1) is 25.7 Å². The lowest BCUT2D eigenvalue weighted by Gasteiger charge is -2.35. The Bertz CT molecular complexity index is 1170. The van der Waals surface area contributed by atoms with E-state index in [1.165, 1.54) is 12.1 Å². The molecule has 9 nitrogen and oxygen atoms in total. The van der Waals surface area contributed by atoms with Gasteiger partial charge in [-0.3, -0.25) is 4.79 Å². The smallest absolute Gasteiger partial charge is 0.410 e. The first-order valence-corrected chi connectivity index (χ1v) is 15.5. The third-order valence-electron chi connectivity index (χ3n) is 8.70. The van der Waals surface area contributed by atoms with Crippen LogP contribution < -0.4 is 4.90 Å². The van der Waals surface area contributed by atoms with Gasteiger partial charge in [-0.2, -0.15) is 0 Å². The van der Waals surface area contributed by atoms with Crippen LogP contribution in [0.25, 0.3) is 6.08 Å². The van der Waals surface area contributed by atoms with Crippen molar-refractivity contribution < 1.29 is 33.3 Å². The number of carbonyl (C=O) groups excluding carboxylic acids is 2. The normalized spacial score (nSPS) is 31.0. The highest BCUT2D eigenvalue weighted by atomic mass is 19.1. The molecule has 3 aliphatic heterocycles. The average Bonchev–Trinajstić information content (AvgIpc) is 2.96. The van der Waals surface area contributed by atoms with E-state index in [4.69, 9.17) is 14.2 Å². The van der Waals surface area contributed by atoms with Gasteiger partial charge >= 0.3 is 12.1 Å². The number of ether oxygens (including phenoxy) is 3. The number of morpholine rings is 1. The highest BCUT2D eigenvalue weighted by molar-refractivity contribution is 5.71. The zero-order valence-electron chi connectivity index (χ0n) is 26.2. The minimum Gasteiger partial charge on any atom is -0.457 e. The lowest BCUT2D eigenvalue weighted by Crippen LogP contribution is -2.48. The van der Waals surface area contributed by atoms with E-state index in [0.29, 0.717) is 51.3 Å². The SMILES string of the molecule is C/C(=C\c1cc(F)cc(N2CCOC[C@@H]2C)c1)[C@H]1OC(=O)C[C@@H](O)CC[C@@H](C)[C@@H](OC(=O)N2CCN(C)CC2)/C=C\[C@@H]1C. The number of nitrogens with zero attached hydrogens (tertiary/aromatic N) is 3. The Balaban J connectivity index is 1.57. The van der Waals surface area contributed by atoms with Gasteiger partial charge < -0.3 is 34.0 Å². The molecule has 1 aromatic rings. The molecule has 2 fully saturated rings. The number of anilines is 1. The molecule has 0 aromatic heterocycles. The van der Waals surface area contributed by atoms with Crippen molar-refractivity contribution in [1.29, 1.82) is 0 Å². The molecule has 238 valence electrons. The quantitative estimate of drug-likeness (QED) is 0.399. The Labute approximate surface area is 255 Å². The second-order valence-corrected chi connectivity index (χ2v) is 12.5. The molecule has 0 unspecified atom stereocenters. The minimum atomic E-state index is -0.867. The lowest BCUT2D eigenvalue weighted by atomic mass is 9.91. The number of aliphatic hydroxyl groups is 1. The summed E-state index contributed by atoms with van der Waals surface area (Å²) in [4.78, 5) is 31.9. The fourth-order valence-corrected chi connectivity index (χ4v) is 5.93. The highest BCUT2D eigenvalue weighted by Gasteiger charge is 2.29. The summed E-state index contributed by atoms with van der Waals surface area (Å²) in [7, 11) is 2.03. The second kappa shape index (κ2) is 15.2. The van der Waals surface area contributed by atoms with Crippen LogP contribution in [-0.4, -0.2) is 104 Å². The number of aliphatic hydroxyl groups excluding tert-OH is 1. The number of rotatable bonds is 4. The van der Waals surface area contributed by atoms with Crippen molar-refractivity contribution in [3.8, 4) is 0 Å². The van der Waals surface area contributed by atoms with E-state index >= 15 is 0 Å². The van der Waals surface area contributed by atoms with E-state index in [9.17, 15) is 19.1 Å². The molecule has 1 N–H and O–H groups in total. The van der Waals surface area contributed by atoms with Crippen LogP contribution in [0.2, 0.25) is 0 Å². The van der Waals surface area contributed by atoms with Gasteiger partial charge in [0, 0.05) is 50.4 Å². The van der Waals surface area contributed by atoms with Crippen molar-refractivity contribution in [2.45, 2.75) is 71.3 Å². The summed E-state index contributed by atoms with van der Waals surface area (Å²) in [5.41, 5.74) is 2.18. The van der Waals surface area contributed by atoms with Gasteiger partial charge in [-0.25, -0.2) is 9.18 Å². The summed E-state index contributed by atoms with van der Waals surface area (Å²) in [5, 5.41) is 10.6. The molecule has 10 heteroatoms. The average molecular weight is 602 g/mol. The Morgan fingerprint density at radius 3 is 2.53 bits per heavy atom. The Morgan fingerprint density at radius 1 is 1.07 bits per heavy atom. The molecule has 1 aromatic carbocycles. The molecule has 0 bridgehead atoms. The van der Waals surface area contributed by atoms with E-state index in [-0.39, 0.29) is 36.2 Å². The van der Waals surface area contributed by atoms with E-state index in [1.54, 1.807) is 4.90 Å². The number of cyclic esters (lactones) is 1. The topological polar surface area (TPSA) is 91.8 Å².